The molecule has 0 saturated heterocycles. The first-order chi connectivity index (χ1) is 18.0. The molecule has 0 spiro atoms. The molecular formula is C29H40N4O4. The molecule has 8 nitrogen and oxygen atoms in total. The van der Waals surface area contributed by atoms with E-state index in [0.717, 1.165) is 81.7 Å². The number of ether oxygens (including phenoxy) is 1. The summed E-state index contributed by atoms with van der Waals surface area (Å²) in [6, 6.07) is 11.4. The van der Waals surface area contributed by atoms with Gasteiger partial charge in [-0.15, -0.1) is 0 Å². The number of carboxylic acids is 1. The quantitative estimate of drug-likeness (QED) is 0.336. The molecule has 1 unspecified atom stereocenters. The van der Waals surface area contributed by atoms with Crippen molar-refractivity contribution in [1.29, 1.82) is 0 Å². The van der Waals surface area contributed by atoms with E-state index in [9.17, 15) is 14.7 Å². The Morgan fingerprint density at radius 2 is 2.00 bits per heavy atom. The molecule has 1 aliphatic carbocycles. The Labute approximate surface area is 219 Å². The first kappa shape index (κ1) is 27.1. The Kier molecular flexibility index (Phi) is 9.91. The van der Waals surface area contributed by atoms with Gasteiger partial charge in [-0.2, -0.15) is 0 Å². The van der Waals surface area contributed by atoms with Crippen molar-refractivity contribution in [3.63, 3.8) is 0 Å². The minimum atomic E-state index is -0.988. The third-order valence-electron chi connectivity index (χ3n) is 7.52. The van der Waals surface area contributed by atoms with Crippen LogP contribution in [0.4, 0.5) is 5.82 Å². The largest absolute Gasteiger partial charge is 0.480 e. The third-order valence-corrected chi connectivity index (χ3v) is 7.52. The fraction of sp³-hybridized carbons (Fsp3) is 0.552. The maximum absolute atomic E-state index is 13.0. The van der Waals surface area contributed by atoms with E-state index in [2.05, 4.69) is 27.7 Å². The van der Waals surface area contributed by atoms with Crippen LogP contribution < -0.4 is 10.6 Å². The zero-order valence-electron chi connectivity index (χ0n) is 21.9. The highest BCUT2D eigenvalue weighted by atomic mass is 16.5. The predicted octanol–water partition coefficient (Wildman–Crippen LogP) is 3.40. The monoisotopic (exact) mass is 508 g/mol. The van der Waals surface area contributed by atoms with Gasteiger partial charge in [-0.3, -0.25) is 4.79 Å². The lowest BCUT2D eigenvalue weighted by Gasteiger charge is -2.25. The summed E-state index contributed by atoms with van der Waals surface area (Å²) >= 11 is 0. The van der Waals surface area contributed by atoms with Crippen LogP contribution in [0.15, 0.2) is 36.4 Å². The van der Waals surface area contributed by atoms with Gasteiger partial charge in [0.1, 0.15) is 11.9 Å². The lowest BCUT2D eigenvalue weighted by molar-refractivity contribution is -0.142. The number of benzene rings is 1. The van der Waals surface area contributed by atoms with Crippen molar-refractivity contribution >= 4 is 17.7 Å². The molecule has 1 aromatic carbocycles. The average molecular weight is 509 g/mol. The van der Waals surface area contributed by atoms with Crippen molar-refractivity contribution in [1.82, 2.24) is 15.2 Å². The molecule has 4 rings (SSSR count). The highest BCUT2D eigenvalue weighted by Gasteiger charge is 2.31. The van der Waals surface area contributed by atoms with E-state index in [-0.39, 0.29) is 11.8 Å². The van der Waals surface area contributed by atoms with Gasteiger partial charge in [0.05, 0.1) is 12.5 Å². The van der Waals surface area contributed by atoms with Crippen LogP contribution in [0, 0.1) is 0 Å². The number of carboxylic acid groups (broad SMARTS) is 1. The normalized spacial score (nSPS) is 17.1. The van der Waals surface area contributed by atoms with Gasteiger partial charge >= 0.3 is 5.97 Å². The number of nitrogens with one attached hydrogen (secondary N) is 2. The average Bonchev–Trinajstić information content (AvgIpc) is 3.35. The number of methoxy groups -OCH3 is 1. The number of aromatic nitrogens is 1. The van der Waals surface area contributed by atoms with Crippen molar-refractivity contribution in [3.8, 4) is 0 Å². The van der Waals surface area contributed by atoms with Gasteiger partial charge in [0, 0.05) is 32.4 Å². The summed E-state index contributed by atoms with van der Waals surface area (Å²) in [4.78, 5) is 31.9. The molecule has 1 aliphatic heterocycles. The number of aryl methyl sites for hydroxylation is 3. The molecule has 8 heteroatoms. The fourth-order valence-electron chi connectivity index (χ4n) is 5.38. The van der Waals surface area contributed by atoms with Crippen LogP contribution in [0.2, 0.25) is 0 Å². The van der Waals surface area contributed by atoms with Crippen molar-refractivity contribution in [3.05, 3.63) is 58.8 Å². The smallest absolute Gasteiger partial charge is 0.326 e. The molecule has 2 atom stereocenters. The Morgan fingerprint density at radius 3 is 2.84 bits per heavy atom. The number of nitrogens with zero attached hydrogens (tertiary/aromatic N) is 2. The summed E-state index contributed by atoms with van der Waals surface area (Å²) in [5, 5.41) is 16.0. The number of pyridine rings is 1. The summed E-state index contributed by atoms with van der Waals surface area (Å²) in [5.74, 6) is -0.408. The Bertz CT molecular complexity index is 1060. The van der Waals surface area contributed by atoms with Crippen LogP contribution in [0.1, 0.15) is 60.4 Å². The molecule has 1 amide bonds. The van der Waals surface area contributed by atoms with Gasteiger partial charge in [-0.1, -0.05) is 30.3 Å². The van der Waals surface area contributed by atoms with Crippen LogP contribution in [0.5, 0.6) is 0 Å². The number of carbonyl (C=O) groups is 2. The third kappa shape index (κ3) is 7.52. The van der Waals surface area contributed by atoms with E-state index in [1.165, 1.54) is 11.1 Å². The van der Waals surface area contributed by atoms with E-state index in [1.54, 1.807) is 7.11 Å². The van der Waals surface area contributed by atoms with Gasteiger partial charge < -0.3 is 25.4 Å². The molecule has 0 bridgehead atoms. The minimum absolute atomic E-state index is 0.187. The highest BCUT2D eigenvalue weighted by Crippen LogP contribution is 2.33. The van der Waals surface area contributed by atoms with Crippen LogP contribution in [-0.4, -0.2) is 72.8 Å². The van der Waals surface area contributed by atoms with Crippen molar-refractivity contribution in [2.75, 3.05) is 45.2 Å². The van der Waals surface area contributed by atoms with E-state index in [1.807, 2.05) is 24.3 Å². The number of rotatable bonds is 14. The Hall–Kier alpha value is -2.97. The molecule has 2 aliphatic rings. The SMILES string of the molecule is COCCN(CCCCc1ccc2c(n1)NCCC2)CC[C@H](NC(=O)C1CCc2ccccc21)C(=O)O. The molecule has 1 aromatic heterocycles. The molecule has 37 heavy (non-hydrogen) atoms. The van der Waals surface area contributed by atoms with E-state index in [0.29, 0.717) is 19.6 Å². The summed E-state index contributed by atoms with van der Waals surface area (Å²) < 4.78 is 5.28. The molecule has 2 aromatic rings. The predicted molar refractivity (Wildman–Crippen MR) is 144 cm³/mol. The number of aliphatic carboxylic acids is 1. The highest BCUT2D eigenvalue weighted by molar-refractivity contribution is 5.89. The van der Waals surface area contributed by atoms with Crippen LogP contribution in [0.3, 0.4) is 0 Å². The summed E-state index contributed by atoms with van der Waals surface area (Å²) in [7, 11) is 1.67. The number of fused-ring (bicyclic) bond motifs is 2. The summed E-state index contributed by atoms with van der Waals surface area (Å²) in [6.45, 7) is 3.74. The zero-order chi connectivity index (χ0) is 26.0. The second-order valence-corrected chi connectivity index (χ2v) is 10.1. The van der Waals surface area contributed by atoms with Crippen molar-refractivity contribution in [2.45, 2.75) is 63.3 Å². The number of anilines is 1. The van der Waals surface area contributed by atoms with Gasteiger partial charge in [-0.05, 0) is 80.7 Å². The first-order valence-electron chi connectivity index (χ1n) is 13.6. The molecular weight excluding hydrogens is 468 g/mol. The number of hydrogen-bond donors (Lipinski definition) is 3. The van der Waals surface area contributed by atoms with Gasteiger partial charge in [0.25, 0.3) is 0 Å². The van der Waals surface area contributed by atoms with Crippen LogP contribution >= 0.6 is 0 Å². The fourth-order valence-corrected chi connectivity index (χ4v) is 5.38. The van der Waals surface area contributed by atoms with Gasteiger partial charge in [0.15, 0.2) is 0 Å². The van der Waals surface area contributed by atoms with E-state index in [4.69, 9.17) is 9.72 Å². The van der Waals surface area contributed by atoms with Gasteiger partial charge in [-0.25, -0.2) is 9.78 Å². The molecule has 0 fully saturated rings. The van der Waals surface area contributed by atoms with Crippen LogP contribution in [-0.2, 0) is 33.6 Å². The second-order valence-electron chi connectivity index (χ2n) is 10.1. The molecule has 0 radical (unpaired) electrons. The maximum Gasteiger partial charge on any atom is 0.326 e. The number of carbonyl (C=O) groups excluding carboxylic acids is 1. The minimum Gasteiger partial charge on any atom is -0.480 e. The lowest BCUT2D eigenvalue weighted by Crippen LogP contribution is -2.45. The van der Waals surface area contributed by atoms with Gasteiger partial charge in [0.2, 0.25) is 5.91 Å². The summed E-state index contributed by atoms with van der Waals surface area (Å²) in [6.07, 6.45) is 7.11. The Morgan fingerprint density at radius 1 is 1.14 bits per heavy atom. The molecule has 0 saturated carbocycles. The topological polar surface area (TPSA) is 104 Å². The summed E-state index contributed by atoms with van der Waals surface area (Å²) in [5.41, 5.74) is 4.62. The van der Waals surface area contributed by atoms with Crippen molar-refractivity contribution in [2.24, 2.45) is 0 Å². The second kappa shape index (κ2) is 13.5. The van der Waals surface area contributed by atoms with E-state index < -0.39 is 12.0 Å². The molecule has 200 valence electrons. The lowest BCUT2D eigenvalue weighted by atomic mass is 10.00. The first-order valence-corrected chi connectivity index (χ1v) is 13.6. The number of hydrogen-bond acceptors (Lipinski definition) is 6. The molecule has 2 heterocycles. The number of unbranched alkanes of at least 4 members (excludes halogenated alkanes) is 1. The van der Waals surface area contributed by atoms with Crippen LogP contribution in [0.25, 0.3) is 0 Å². The maximum atomic E-state index is 13.0. The molecule has 3 N–H and O–H groups in total. The number of amides is 1. The zero-order valence-corrected chi connectivity index (χ0v) is 21.9. The van der Waals surface area contributed by atoms with Crippen molar-refractivity contribution < 1.29 is 19.4 Å². The Balaban J connectivity index is 1.25. The standard InChI is InChI=1S/C29H40N4O4/c1-37-20-19-33(17-5-4-9-23-13-11-22-8-6-16-30-27(22)31-23)18-15-26(29(35)36)32-28(34)25-14-12-21-7-2-3-10-24(21)25/h2-3,7,10-11,13,25-26H,4-6,8-9,12,14-20H2,1H3,(H,30,31)(H,32,34)(H,35,36)/t25?,26-/m0/s1. The van der Waals surface area contributed by atoms with E-state index >= 15 is 0 Å².